The highest BCUT2D eigenvalue weighted by Gasteiger charge is 2.01. The van der Waals surface area contributed by atoms with Crippen LogP contribution in [0.2, 0.25) is 0 Å². The van der Waals surface area contributed by atoms with E-state index in [1.165, 1.54) is 7.11 Å². The average Bonchev–Trinajstić information content (AvgIpc) is 2.55. The molecule has 0 aliphatic heterocycles. The summed E-state index contributed by atoms with van der Waals surface area (Å²) >= 11 is 0. The number of hydrogen-bond donors (Lipinski definition) is 1. The molecule has 8 heteroatoms. The lowest BCUT2D eigenvalue weighted by Crippen LogP contribution is -2.08. The SMILES string of the molecule is COCCOS(=O)(=O)O.Cn1ccnc1. The molecule has 0 aliphatic carbocycles. The molecule has 1 rings (SSSR count). The Balaban J connectivity index is 0.000000280. The van der Waals surface area contributed by atoms with Crippen molar-refractivity contribution in [2.75, 3.05) is 20.3 Å². The highest BCUT2D eigenvalue weighted by molar-refractivity contribution is 7.80. The zero-order valence-corrected chi connectivity index (χ0v) is 9.35. The van der Waals surface area contributed by atoms with Gasteiger partial charge in [-0.25, -0.2) is 9.17 Å². The van der Waals surface area contributed by atoms with E-state index in [1.54, 1.807) is 12.5 Å². The first-order valence-corrected chi connectivity index (χ1v) is 5.35. The summed E-state index contributed by atoms with van der Waals surface area (Å²) in [6.07, 6.45) is 5.39. The number of rotatable bonds is 4. The molecule has 1 aromatic rings. The number of ether oxygens (including phenoxy) is 1. The molecule has 0 unspecified atom stereocenters. The molecule has 0 saturated heterocycles. The summed E-state index contributed by atoms with van der Waals surface area (Å²) in [6, 6.07) is 0. The highest BCUT2D eigenvalue weighted by Crippen LogP contribution is 1.83. The number of hydrogen-bond acceptors (Lipinski definition) is 5. The zero-order valence-electron chi connectivity index (χ0n) is 8.53. The molecule has 0 radical (unpaired) electrons. The predicted molar refractivity (Wildman–Crippen MR) is 52.6 cm³/mol. The molecule has 0 aromatic carbocycles. The van der Waals surface area contributed by atoms with Gasteiger partial charge < -0.3 is 9.30 Å². The molecule has 0 spiro atoms. The molecule has 1 aromatic heterocycles. The van der Waals surface area contributed by atoms with Crippen LogP contribution in [0.15, 0.2) is 18.7 Å². The average molecular weight is 238 g/mol. The van der Waals surface area contributed by atoms with Crippen LogP contribution in [0.1, 0.15) is 0 Å². The van der Waals surface area contributed by atoms with Gasteiger partial charge >= 0.3 is 10.4 Å². The third-order valence-electron chi connectivity index (χ3n) is 1.16. The number of aromatic nitrogens is 2. The van der Waals surface area contributed by atoms with Crippen LogP contribution in [-0.4, -0.2) is 42.8 Å². The van der Waals surface area contributed by atoms with Crippen molar-refractivity contribution in [2.45, 2.75) is 0 Å². The Morgan fingerprint density at radius 2 is 2.13 bits per heavy atom. The molecule has 1 N–H and O–H groups in total. The van der Waals surface area contributed by atoms with E-state index in [9.17, 15) is 8.42 Å². The third kappa shape index (κ3) is 11.0. The maximum Gasteiger partial charge on any atom is 0.397 e. The molecule has 7 nitrogen and oxygen atoms in total. The summed E-state index contributed by atoms with van der Waals surface area (Å²) in [5.74, 6) is 0. The van der Waals surface area contributed by atoms with Crippen LogP contribution in [-0.2, 0) is 26.4 Å². The van der Waals surface area contributed by atoms with E-state index in [-0.39, 0.29) is 13.2 Å². The fraction of sp³-hybridized carbons (Fsp3) is 0.571. The molecule has 88 valence electrons. The molecule has 0 atom stereocenters. The van der Waals surface area contributed by atoms with Crippen molar-refractivity contribution in [1.82, 2.24) is 9.55 Å². The molecule has 0 bridgehead atoms. The van der Waals surface area contributed by atoms with Gasteiger partial charge in [-0.1, -0.05) is 0 Å². The summed E-state index contributed by atoms with van der Waals surface area (Å²) in [7, 11) is -0.943. The monoisotopic (exact) mass is 238 g/mol. The van der Waals surface area contributed by atoms with Crippen LogP contribution >= 0.6 is 0 Å². The van der Waals surface area contributed by atoms with Crippen molar-refractivity contribution in [2.24, 2.45) is 7.05 Å². The van der Waals surface area contributed by atoms with Crippen LogP contribution in [0.4, 0.5) is 0 Å². The van der Waals surface area contributed by atoms with E-state index in [0.29, 0.717) is 0 Å². The molecule has 0 fully saturated rings. The predicted octanol–water partition coefficient (Wildman–Crippen LogP) is -0.128. The normalized spacial score (nSPS) is 10.6. The standard InChI is InChI=1S/C4H6N2.C3H8O5S/c1-6-3-2-5-4-6;1-7-2-3-8-9(4,5)6/h2-4H,1H3;2-3H2,1H3,(H,4,5,6). The Morgan fingerprint density at radius 1 is 1.47 bits per heavy atom. The Labute approximate surface area is 88.6 Å². The first-order valence-electron chi connectivity index (χ1n) is 3.98. The van der Waals surface area contributed by atoms with Crippen molar-refractivity contribution >= 4 is 10.4 Å². The topological polar surface area (TPSA) is 90.6 Å². The molecule has 0 saturated carbocycles. The minimum absolute atomic E-state index is 0.139. The lowest BCUT2D eigenvalue weighted by molar-refractivity contribution is 0.141. The van der Waals surface area contributed by atoms with Gasteiger partial charge in [0.25, 0.3) is 0 Å². The van der Waals surface area contributed by atoms with E-state index in [0.717, 1.165) is 0 Å². The van der Waals surface area contributed by atoms with Crippen LogP contribution in [0.5, 0.6) is 0 Å². The van der Waals surface area contributed by atoms with E-state index in [1.807, 2.05) is 17.8 Å². The summed E-state index contributed by atoms with van der Waals surface area (Å²) < 4.78 is 37.7. The lowest BCUT2D eigenvalue weighted by atomic mass is 10.8. The molecule has 1 heterocycles. The maximum atomic E-state index is 9.78. The van der Waals surface area contributed by atoms with Gasteiger partial charge in [0.1, 0.15) is 0 Å². The smallest absolute Gasteiger partial charge is 0.382 e. The first kappa shape index (κ1) is 14.0. The largest absolute Gasteiger partial charge is 0.397 e. The number of imidazole rings is 1. The van der Waals surface area contributed by atoms with Gasteiger partial charge in [-0.15, -0.1) is 0 Å². The quantitative estimate of drug-likeness (QED) is 0.580. The van der Waals surface area contributed by atoms with Gasteiger partial charge in [0.2, 0.25) is 0 Å². The van der Waals surface area contributed by atoms with Crippen LogP contribution in [0, 0.1) is 0 Å². The van der Waals surface area contributed by atoms with Crippen LogP contribution in [0.25, 0.3) is 0 Å². The molecule has 15 heavy (non-hydrogen) atoms. The van der Waals surface area contributed by atoms with Gasteiger partial charge in [-0.2, -0.15) is 8.42 Å². The second-order valence-corrected chi connectivity index (χ2v) is 3.56. The molecular formula is C7H14N2O5S. The highest BCUT2D eigenvalue weighted by atomic mass is 32.3. The molecule has 0 amide bonds. The summed E-state index contributed by atoms with van der Waals surface area (Å²) in [4.78, 5) is 3.78. The van der Waals surface area contributed by atoms with Gasteiger partial charge in [0, 0.05) is 26.6 Å². The van der Waals surface area contributed by atoms with Crippen molar-refractivity contribution in [1.29, 1.82) is 0 Å². The van der Waals surface area contributed by atoms with E-state index in [2.05, 4.69) is 13.9 Å². The zero-order chi connectivity index (χ0) is 11.7. The van der Waals surface area contributed by atoms with Crippen LogP contribution in [0.3, 0.4) is 0 Å². The Kier molecular flexibility index (Phi) is 6.88. The fourth-order valence-electron chi connectivity index (χ4n) is 0.548. The summed E-state index contributed by atoms with van der Waals surface area (Å²) in [5, 5.41) is 0. The molecular weight excluding hydrogens is 224 g/mol. The van der Waals surface area contributed by atoms with Crippen molar-refractivity contribution < 1.29 is 21.9 Å². The fourth-order valence-corrected chi connectivity index (χ4v) is 0.827. The van der Waals surface area contributed by atoms with Gasteiger partial charge in [-0.3, -0.25) is 4.55 Å². The summed E-state index contributed by atoms with van der Waals surface area (Å²) in [5.41, 5.74) is 0. The van der Waals surface area contributed by atoms with Gasteiger partial charge in [-0.05, 0) is 0 Å². The lowest BCUT2D eigenvalue weighted by Gasteiger charge is -1.96. The molecule has 0 aliphatic rings. The van der Waals surface area contributed by atoms with Gasteiger partial charge in [0.15, 0.2) is 0 Å². The van der Waals surface area contributed by atoms with E-state index in [4.69, 9.17) is 4.55 Å². The third-order valence-corrected chi connectivity index (χ3v) is 1.62. The first-order chi connectivity index (χ1) is 6.95. The Hall–Kier alpha value is -0.960. The van der Waals surface area contributed by atoms with Crippen molar-refractivity contribution in [3.8, 4) is 0 Å². The van der Waals surface area contributed by atoms with Crippen LogP contribution < -0.4 is 0 Å². The minimum atomic E-state index is -4.28. The minimum Gasteiger partial charge on any atom is -0.382 e. The second kappa shape index (κ2) is 7.35. The van der Waals surface area contributed by atoms with Crippen molar-refractivity contribution in [3.05, 3.63) is 18.7 Å². The number of nitrogens with zero attached hydrogens (tertiary/aromatic N) is 2. The number of aryl methyl sites for hydroxylation is 1. The van der Waals surface area contributed by atoms with Gasteiger partial charge in [0.05, 0.1) is 19.5 Å². The number of methoxy groups -OCH3 is 1. The Morgan fingerprint density at radius 3 is 2.40 bits per heavy atom. The summed E-state index contributed by atoms with van der Waals surface area (Å²) in [6.45, 7) is -0.0187. The maximum absolute atomic E-state index is 9.78. The second-order valence-electron chi connectivity index (χ2n) is 2.47. The Bertz CT molecular complexity index is 334. The van der Waals surface area contributed by atoms with Crippen molar-refractivity contribution in [3.63, 3.8) is 0 Å². The van der Waals surface area contributed by atoms with E-state index < -0.39 is 10.4 Å². The van der Waals surface area contributed by atoms with E-state index >= 15 is 0 Å².